The van der Waals surface area contributed by atoms with Crippen molar-refractivity contribution in [1.29, 1.82) is 0 Å². The van der Waals surface area contributed by atoms with Gasteiger partial charge in [-0.25, -0.2) is 0 Å². The minimum absolute atomic E-state index is 0.176. The zero-order chi connectivity index (χ0) is 15.1. The first-order valence-electron chi connectivity index (χ1n) is 6.10. The van der Waals surface area contributed by atoms with E-state index in [1.54, 1.807) is 18.2 Å². The van der Waals surface area contributed by atoms with Crippen LogP contribution in [0.3, 0.4) is 0 Å². The Morgan fingerprint density at radius 2 is 1.75 bits per heavy atom. The number of carbonyl (C=O) groups is 3. The van der Waals surface area contributed by atoms with Crippen LogP contribution in [0, 0.1) is 6.92 Å². The quantitative estimate of drug-likeness (QED) is 0.346. The van der Waals surface area contributed by atoms with Crippen molar-refractivity contribution < 1.29 is 14.4 Å². The van der Waals surface area contributed by atoms with Crippen molar-refractivity contribution in [3.63, 3.8) is 0 Å². The molecule has 7 heteroatoms. The number of anilines is 2. The summed E-state index contributed by atoms with van der Waals surface area (Å²) in [4.78, 5) is 33.7. The van der Waals surface area contributed by atoms with Gasteiger partial charge in [0.25, 0.3) is 0 Å². The number of nitrogens with one attached hydrogen (secondary N) is 3. The first-order chi connectivity index (χ1) is 9.40. The predicted octanol–water partition coefficient (Wildman–Crippen LogP) is -0.232. The summed E-state index contributed by atoms with van der Waals surface area (Å²) in [5, 5.41) is 7.31. The van der Waals surface area contributed by atoms with E-state index in [2.05, 4.69) is 16.0 Å². The molecule has 0 unspecified atom stereocenters. The first-order valence-corrected chi connectivity index (χ1v) is 6.10. The molecule has 0 saturated carbocycles. The second kappa shape index (κ2) is 7.13. The fourth-order valence-electron chi connectivity index (χ4n) is 1.47. The van der Waals surface area contributed by atoms with Gasteiger partial charge < -0.3 is 21.7 Å². The highest BCUT2D eigenvalue weighted by Crippen LogP contribution is 2.19. The maximum absolute atomic E-state index is 11.6. The Balaban J connectivity index is 2.45. The lowest BCUT2D eigenvalue weighted by Crippen LogP contribution is -2.39. The minimum atomic E-state index is -0.802. The van der Waals surface area contributed by atoms with E-state index in [4.69, 9.17) is 5.73 Å². The van der Waals surface area contributed by atoms with Crippen molar-refractivity contribution in [2.24, 2.45) is 0 Å². The van der Waals surface area contributed by atoms with Gasteiger partial charge in [0.05, 0.1) is 11.4 Å². The number of nitrogens with two attached hydrogens (primary N) is 1. The Hall–Kier alpha value is -2.57. The molecule has 0 heterocycles. The van der Waals surface area contributed by atoms with Gasteiger partial charge in [-0.15, -0.1) is 0 Å². The van der Waals surface area contributed by atoms with Crippen molar-refractivity contribution >= 4 is 29.1 Å². The number of aryl methyl sites for hydroxylation is 1. The van der Waals surface area contributed by atoms with Gasteiger partial charge in [0, 0.05) is 20.0 Å². The van der Waals surface area contributed by atoms with Crippen LogP contribution in [0.15, 0.2) is 18.2 Å². The first kappa shape index (κ1) is 15.5. The van der Waals surface area contributed by atoms with E-state index >= 15 is 0 Å². The van der Waals surface area contributed by atoms with Gasteiger partial charge in [0.2, 0.25) is 5.91 Å². The molecule has 1 aromatic rings. The van der Waals surface area contributed by atoms with Crippen LogP contribution >= 0.6 is 0 Å². The summed E-state index contributed by atoms with van der Waals surface area (Å²) in [5.41, 5.74) is 7.47. The summed E-state index contributed by atoms with van der Waals surface area (Å²) in [6.07, 6.45) is 0. The fraction of sp³-hybridized carbons (Fsp3) is 0.308. The van der Waals surface area contributed by atoms with Crippen molar-refractivity contribution in [3.8, 4) is 0 Å². The van der Waals surface area contributed by atoms with Gasteiger partial charge in [-0.05, 0) is 24.6 Å². The van der Waals surface area contributed by atoms with Gasteiger partial charge in [-0.3, -0.25) is 14.4 Å². The van der Waals surface area contributed by atoms with Crippen LogP contribution in [0.1, 0.15) is 12.5 Å². The topological polar surface area (TPSA) is 113 Å². The largest absolute Gasteiger partial charge is 0.397 e. The highest BCUT2D eigenvalue weighted by Gasteiger charge is 2.14. The predicted molar refractivity (Wildman–Crippen MR) is 75.9 cm³/mol. The average molecular weight is 278 g/mol. The van der Waals surface area contributed by atoms with Gasteiger partial charge in [-0.1, -0.05) is 6.07 Å². The maximum atomic E-state index is 11.6. The molecule has 1 rings (SSSR count). The number of amides is 3. The Morgan fingerprint density at radius 1 is 1.10 bits per heavy atom. The van der Waals surface area contributed by atoms with Crippen LogP contribution in [0.5, 0.6) is 0 Å². The van der Waals surface area contributed by atoms with E-state index in [0.717, 1.165) is 5.56 Å². The van der Waals surface area contributed by atoms with Gasteiger partial charge in [0.1, 0.15) is 0 Å². The van der Waals surface area contributed by atoms with Gasteiger partial charge in [0.15, 0.2) is 0 Å². The fourth-order valence-corrected chi connectivity index (χ4v) is 1.47. The molecule has 5 N–H and O–H groups in total. The average Bonchev–Trinajstić information content (AvgIpc) is 2.37. The second-order valence-electron chi connectivity index (χ2n) is 4.28. The summed E-state index contributed by atoms with van der Waals surface area (Å²) in [7, 11) is 0. The van der Waals surface area contributed by atoms with Crippen LogP contribution in [0.25, 0.3) is 0 Å². The smallest absolute Gasteiger partial charge is 0.313 e. The highest BCUT2D eigenvalue weighted by atomic mass is 16.2. The molecule has 7 nitrogen and oxygen atoms in total. The molecule has 0 bridgehead atoms. The van der Waals surface area contributed by atoms with E-state index in [1.165, 1.54) is 6.92 Å². The Labute approximate surface area is 116 Å². The minimum Gasteiger partial charge on any atom is -0.397 e. The molecular formula is C13H18N4O3. The molecule has 0 radical (unpaired) electrons. The zero-order valence-electron chi connectivity index (χ0n) is 11.4. The Kier molecular flexibility index (Phi) is 5.52. The SMILES string of the molecule is CC(=O)NCCNC(=O)C(=O)Nc1ccc(C)cc1N. The monoisotopic (exact) mass is 278 g/mol. The third-order valence-corrected chi connectivity index (χ3v) is 2.45. The number of benzene rings is 1. The molecule has 0 saturated heterocycles. The maximum Gasteiger partial charge on any atom is 0.313 e. The standard InChI is InChI=1S/C13H18N4O3/c1-8-3-4-11(10(14)7-8)17-13(20)12(19)16-6-5-15-9(2)18/h3-4,7H,5-6,14H2,1-2H3,(H,15,18)(H,16,19)(H,17,20). The summed E-state index contributed by atoms with van der Waals surface area (Å²) in [6, 6.07) is 5.11. The summed E-state index contributed by atoms with van der Waals surface area (Å²) in [6.45, 7) is 3.68. The molecular weight excluding hydrogens is 260 g/mol. The molecule has 3 amide bonds. The molecule has 1 aromatic carbocycles. The van der Waals surface area contributed by atoms with Crippen LogP contribution in [-0.4, -0.2) is 30.8 Å². The highest BCUT2D eigenvalue weighted by molar-refractivity contribution is 6.39. The lowest BCUT2D eigenvalue weighted by atomic mass is 10.2. The summed E-state index contributed by atoms with van der Waals surface area (Å²) < 4.78 is 0. The third kappa shape index (κ3) is 4.97. The van der Waals surface area contributed by atoms with Crippen LogP contribution in [0.2, 0.25) is 0 Å². The molecule has 20 heavy (non-hydrogen) atoms. The number of nitrogen functional groups attached to an aromatic ring is 1. The molecule has 0 fully saturated rings. The molecule has 108 valence electrons. The van der Waals surface area contributed by atoms with Gasteiger partial charge >= 0.3 is 11.8 Å². The molecule has 0 aliphatic carbocycles. The van der Waals surface area contributed by atoms with E-state index in [0.29, 0.717) is 11.4 Å². The number of hydrogen-bond acceptors (Lipinski definition) is 4. The van der Waals surface area contributed by atoms with E-state index in [1.807, 2.05) is 6.92 Å². The van der Waals surface area contributed by atoms with Crippen molar-refractivity contribution in [1.82, 2.24) is 10.6 Å². The lowest BCUT2D eigenvalue weighted by Gasteiger charge is -2.09. The van der Waals surface area contributed by atoms with E-state index in [-0.39, 0.29) is 19.0 Å². The van der Waals surface area contributed by atoms with Crippen LogP contribution < -0.4 is 21.7 Å². The number of carbonyl (C=O) groups excluding carboxylic acids is 3. The number of rotatable bonds is 4. The second-order valence-corrected chi connectivity index (χ2v) is 4.28. The van der Waals surface area contributed by atoms with Gasteiger partial charge in [-0.2, -0.15) is 0 Å². The molecule has 0 aliphatic heterocycles. The number of hydrogen-bond donors (Lipinski definition) is 4. The molecule has 0 atom stereocenters. The normalized spacial score (nSPS) is 9.70. The van der Waals surface area contributed by atoms with Crippen molar-refractivity contribution in [2.45, 2.75) is 13.8 Å². The lowest BCUT2D eigenvalue weighted by molar-refractivity contribution is -0.136. The summed E-state index contributed by atoms with van der Waals surface area (Å²) >= 11 is 0. The van der Waals surface area contributed by atoms with Crippen molar-refractivity contribution in [2.75, 3.05) is 24.1 Å². The van der Waals surface area contributed by atoms with Crippen LogP contribution in [0.4, 0.5) is 11.4 Å². The van der Waals surface area contributed by atoms with E-state index in [9.17, 15) is 14.4 Å². The molecule has 0 aromatic heterocycles. The summed E-state index contributed by atoms with van der Waals surface area (Å²) in [5.74, 6) is -1.78. The van der Waals surface area contributed by atoms with E-state index < -0.39 is 11.8 Å². The third-order valence-electron chi connectivity index (χ3n) is 2.45. The zero-order valence-corrected chi connectivity index (χ0v) is 11.4. The Bertz CT molecular complexity index is 528. The molecule has 0 aliphatic rings. The molecule has 0 spiro atoms. The van der Waals surface area contributed by atoms with Crippen LogP contribution in [-0.2, 0) is 14.4 Å². The Morgan fingerprint density at radius 3 is 2.35 bits per heavy atom. The van der Waals surface area contributed by atoms with Crippen molar-refractivity contribution in [3.05, 3.63) is 23.8 Å².